The molecule has 15 heteroatoms. The number of hydrogen-bond acceptors (Lipinski definition) is 15. The lowest BCUT2D eigenvalue weighted by Gasteiger charge is -2.45. The van der Waals surface area contributed by atoms with Crippen molar-refractivity contribution in [1.82, 2.24) is 0 Å². The summed E-state index contributed by atoms with van der Waals surface area (Å²) in [4.78, 5) is 12.7. The van der Waals surface area contributed by atoms with Gasteiger partial charge in [0.15, 0.2) is 23.2 Å². The van der Waals surface area contributed by atoms with Crippen molar-refractivity contribution in [2.45, 2.75) is 68.3 Å². The van der Waals surface area contributed by atoms with E-state index in [0.717, 1.165) is 12.1 Å². The van der Waals surface area contributed by atoms with E-state index in [-0.39, 0.29) is 22.5 Å². The highest BCUT2D eigenvalue weighted by Crippen LogP contribution is 2.43. The van der Waals surface area contributed by atoms with Crippen LogP contribution >= 0.6 is 0 Å². The summed E-state index contributed by atoms with van der Waals surface area (Å²) in [5.74, 6) is -2.14. The third-order valence-electron chi connectivity index (χ3n) is 7.24. The molecular formula is C27H30O15. The highest BCUT2D eigenvalue weighted by Gasteiger charge is 2.50. The van der Waals surface area contributed by atoms with Crippen LogP contribution in [0.25, 0.3) is 22.3 Å². The zero-order chi connectivity index (χ0) is 30.5. The summed E-state index contributed by atoms with van der Waals surface area (Å²) in [6.07, 6.45) is -15.7. The summed E-state index contributed by atoms with van der Waals surface area (Å²) in [5, 5.41) is 91.5. The van der Waals surface area contributed by atoms with E-state index in [1.54, 1.807) is 0 Å². The average molecular weight is 595 g/mol. The summed E-state index contributed by atoms with van der Waals surface area (Å²) >= 11 is 0. The second-order valence-electron chi connectivity index (χ2n) is 10.1. The first-order chi connectivity index (χ1) is 19.9. The van der Waals surface area contributed by atoms with E-state index in [9.17, 15) is 50.8 Å². The number of fused-ring (bicyclic) bond motifs is 1. The van der Waals surface area contributed by atoms with Crippen molar-refractivity contribution in [1.29, 1.82) is 0 Å². The highest BCUT2D eigenvalue weighted by molar-refractivity contribution is 5.89. The molecule has 2 aliphatic rings. The Morgan fingerprint density at radius 2 is 1.48 bits per heavy atom. The third kappa shape index (κ3) is 5.37. The molecule has 0 bridgehead atoms. The summed E-state index contributed by atoms with van der Waals surface area (Å²) < 4.78 is 27.8. The molecule has 0 spiro atoms. The second kappa shape index (κ2) is 11.6. The molecule has 0 radical (unpaired) electrons. The summed E-state index contributed by atoms with van der Waals surface area (Å²) in [7, 11) is 0. The zero-order valence-electron chi connectivity index (χ0n) is 21.9. The van der Waals surface area contributed by atoms with Crippen molar-refractivity contribution in [3.8, 4) is 34.3 Å². The molecule has 0 unspecified atom stereocenters. The predicted octanol–water partition coefficient (Wildman–Crippen LogP) is -1.39. The first kappa shape index (κ1) is 30.0. The Labute approximate surface area is 236 Å². The van der Waals surface area contributed by atoms with Crippen molar-refractivity contribution < 1.29 is 69.3 Å². The molecule has 5 rings (SSSR count). The van der Waals surface area contributed by atoms with Crippen molar-refractivity contribution >= 4 is 11.0 Å². The van der Waals surface area contributed by atoms with Gasteiger partial charge in [-0.3, -0.25) is 4.79 Å². The Balaban J connectivity index is 1.38. The number of aliphatic hydroxyl groups is 6. The number of rotatable bonds is 6. The topological polar surface area (TPSA) is 249 Å². The van der Waals surface area contributed by atoms with Gasteiger partial charge in [-0.2, -0.15) is 0 Å². The normalized spacial score (nSPS) is 33.5. The molecule has 10 atom stereocenters. The molecule has 0 aliphatic carbocycles. The lowest BCUT2D eigenvalue weighted by atomic mass is 9.97. The van der Waals surface area contributed by atoms with Gasteiger partial charge in [0.2, 0.25) is 12.0 Å². The van der Waals surface area contributed by atoms with Crippen LogP contribution in [0, 0.1) is 0 Å². The first-order valence-electron chi connectivity index (χ1n) is 12.9. The lowest BCUT2D eigenvalue weighted by Crippen LogP contribution is -2.64. The number of aromatic hydroxyl groups is 3. The van der Waals surface area contributed by atoms with Crippen LogP contribution < -0.4 is 10.2 Å². The maximum Gasteiger partial charge on any atom is 0.229 e. The Morgan fingerprint density at radius 3 is 2.14 bits per heavy atom. The fourth-order valence-electron chi connectivity index (χ4n) is 4.88. The minimum absolute atomic E-state index is 0.0107. The van der Waals surface area contributed by atoms with Crippen LogP contribution in [-0.2, 0) is 14.2 Å². The quantitative estimate of drug-likeness (QED) is 0.149. The van der Waals surface area contributed by atoms with Crippen LogP contribution in [0.5, 0.6) is 23.0 Å². The second-order valence-corrected chi connectivity index (χ2v) is 10.1. The molecule has 42 heavy (non-hydrogen) atoms. The Morgan fingerprint density at radius 1 is 0.810 bits per heavy atom. The first-order valence-corrected chi connectivity index (χ1v) is 12.9. The summed E-state index contributed by atoms with van der Waals surface area (Å²) in [6, 6.07) is 7.93. The third-order valence-corrected chi connectivity index (χ3v) is 7.24. The number of phenolic OH excluding ortho intramolecular Hbond substituents is 3. The van der Waals surface area contributed by atoms with Gasteiger partial charge in [0.1, 0.15) is 65.2 Å². The van der Waals surface area contributed by atoms with E-state index in [1.807, 2.05) is 0 Å². The molecule has 228 valence electrons. The van der Waals surface area contributed by atoms with Crippen molar-refractivity contribution in [3.63, 3.8) is 0 Å². The molecule has 9 N–H and O–H groups in total. The van der Waals surface area contributed by atoms with E-state index in [0.29, 0.717) is 5.56 Å². The molecule has 0 saturated carbocycles. The molecule has 3 aromatic rings. The molecule has 2 saturated heterocycles. The Bertz CT molecular complexity index is 1470. The van der Waals surface area contributed by atoms with Gasteiger partial charge in [0, 0.05) is 17.7 Å². The minimum atomic E-state index is -1.84. The smallest absolute Gasteiger partial charge is 0.229 e. The van der Waals surface area contributed by atoms with E-state index >= 15 is 0 Å². The number of aliphatic hydroxyl groups excluding tert-OH is 6. The fraction of sp³-hybridized carbons (Fsp3) is 0.444. The van der Waals surface area contributed by atoms with Gasteiger partial charge in [-0.15, -0.1) is 0 Å². The number of hydrogen-bond donors (Lipinski definition) is 9. The Kier molecular flexibility index (Phi) is 8.30. The molecular weight excluding hydrogens is 564 g/mol. The van der Waals surface area contributed by atoms with Gasteiger partial charge in [0.05, 0.1) is 12.7 Å². The lowest BCUT2D eigenvalue weighted by molar-refractivity contribution is -0.348. The number of ether oxygens (including phenoxy) is 4. The van der Waals surface area contributed by atoms with Crippen molar-refractivity contribution in [3.05, 3.63) is 46.6 Å². The van der Waals surface area contributed by atoms with Crippen LogP contribution in [0.3, 0.4) is 0 Å². The molecule has 0 amide bonds. The van der Waals surface area contributed by atoms with Crippen molar-refractivity contribution in [2.24, 2.45) is 0 Å². The Hall–Kier alpha value is -3.51. The fourth-order valence-corrected chi connectivity index (χ4v) is 4.88. The zero-order valence-corrected chi connectivity index (χ0v) is 21.9. The number of phenols is 3. The van der Waals surface area contributed by atoms with Crippen LogP contribution in [0.1, 0.15) is 6.92 Å². The van der Waals surface area contributed by atoms with Gasteiger partial charge in [-0.1, -0.05) is 0 Å². The molecule has 2 aromatic carbocycles. The van der Waals surface area contributed by atoms with Gasteiger partial charge < -0.3 is 69.3 Å². The largest absolute Gasteiger partial charge is 0.508 e. The van der Waals surface area contributed by atoms with E-state index in [4.69, 9.17) is 23.4 Å². The maximum absolute atomic E-state index is 12.7. The SMILES string of the molecule is C[C@@H]1O[C@H](Oc2cc3oc(-c4ccc(O)cc4)cc(=O)c3c(O)c2O)[C@@H](O)[C@H](O)[C@@H]1O[C@H]1O[C@@H](CO)[C@H](O)[C@H](O)[C@@H]1O. The van der Waals surface area contributed by atoms with Gasteiger partial charge >= 0.3 is 0 Å². The molecule has 2 aliphatic heterocycles. The van der Waals surface area contributed by atoms with Crippen molar-refractivity contribution in [2.75, 3.05) is 6.61 Å². The van der Waals surface area contributed by atoms with Crippen LogP contribution in [-0.4, -0.2) is 114 Å². The van der Waals surface area contributed by atoms with Gasteiger partial charge in [-0.05, 0) is 31.2 Å². The summed E-state index contributed by atoms with van der Waals surface area (Å²) in [5.41, 5.74) is -0.460. The van der Waals surface area contributed by atoms with E-state index < -0.39 is 90.7 Å². The minimum Gasteiger partial charge on any atom is -0.508 e. The van der Waals surface area contributed by atoms with Gasteiger partial charge in [-0.25, -0.2) is 0 Å². The monoisotopic (exact) mass is 594 g/mol. The molecule has 1 aromatic heterocycles. The molecule has 15 nitrogen and oxygen atoms in total. The average Bonchev–Trinajstić information content (AvgIpc) is 2.96. The van der Waals surface area contributed by atoms with Gasteiger partial charge in [0.25, 0.3) is 0 Å². The van der Waals surface area contributed by atoms with E-state index in [1.165, 1.54) is 31.2 Å². The summed E-state index contributed by atoms with van der Waals surface area (Å²) in [6.45, 7) is 0.710. The van der Waals surface area contributed by atoms with E-state index in [2.05, 4.69) is 0 Å². The number of benzene rings is 2. The molecule has 2 fully saturated rings. The predicted molar refractivity (Wildman–Crippen MR) is 139 cm³/mol. The van der Waals surface area contributed by atoms with Crippen LogP contribution in [0.2, 0.25) is 0 Å². The van der Waals surface area contributed by atoms with Crippen LogP contribution in [0.4, 0.5) is 0 Å². The van der Waals surface area contributed by atoms with Crippen LogP contribution in [0.15, 0.2) is 45.6 Å². The molecule has 3 heterocycles. The highest BCUT2D eigenvalue weighted by atomic mass is 16.7. The standard InChI is InChI=1S/C27H30O15/c1-9-25(42-27-23(36)21(34)19(32)16(8-28)41-27)22(35)24(37)26(38-9)40-15-7-14-17(20(33)18(15)31)12(30)6-13(39-14)10-2-4-11(29)5-3-10/h2-7,9,16,19,21-29,31-37H,8H2,1H3/t9-,16-,19-,21-,22-,23-,24-,25+,26+,27+/m0/s1. The maximum atomic E-state index is 12.7.